The van der Waals surface area contributed by atoms with Crippen molar-refractivity contribution in [3.63, 3.8) is 0 Å². The van der Waals surface area contributed by atoms with E-state index in [-0.39, 0.29) is 23.3 Å². The summed E-state index contributed by atoms with van der Waals surface area (Å²) in [5.74, 6) is -0.659. The van der Waals surface area contributed by atoms with Gasteiger partial charge in [-0.05, 0) is 55.9 Å². The number of halogens is 2. The van der Waals surface area contributed by atoms with E-state index < -0.39 is 17.8 Å². The van der Waals surface area contributed by atoms with Gasteiger partial charge in [-0.3, -0.25) is 9.48 Å². The second-order valence-corrected chi connectivity index (χ2v) is 8.58. The standard InChI is InChI=1S/C24H23F2N3O3/c1-3-32-23(31)19-13-29-20(9-21(19)30)17-8-18(22(25)26)16(15-11-27-28(2)12-15)7-14(17)10-24(29)5-4-6-24/h7-9,11-13,22H,3-6,10H2,1-2H3. The van der Waals surface area contributed by atoms with Crippen molar-refractivity contribution in [2.45, 2.75) is 44.6 Å². The van der Waals surface area contributed by atoms with E-state index in [1.165, 1.54) is 12.1 Å². The highest BCUT2D eigenvalue weighted by atomic mass is 19.3. The van der Waals surface area contributed by atoms with E-state index in [1.54, 1.807) is 37.2 Å². The third-order valence-corrected chi connectivity index (χ3v) is 6.66. The lowest BCUT2D eigenvalue weighted by atomic mass is 9.69. The SMILES string of the molecule is CCOC(=O)c1cn2c(cc1=O)-c1cc(C(F)F)c(-c3cnn(C)c3)cc1CC21CCC1. The van der Waals surface area contributed by atoms with Crippen LogP contribution in [0.1, 0.15) is 54.1 Å². The van der Waals surface area contributed by atoms with Crippen molar-refractivity contribution in [3.05, 3.63) is 63.7 Å². The van der Waals surface area contributed by atoms with Crippen LogP contribution in [0, 0.1) is 0 Å². The van der Waals surface area contributed by atoms with Crippen molar-refractivity contribution >= 4 is 5.97 Å². The largest absolute Gasteiger partial charge is 0.462 e. The van der Waals surface area contributed by atoms with Gasteiger partial charge < -0.3 is 9.30 Å². The second-order valence-electron chi connectivity index (χ2n) is 8.58. The summed E-state index contributed by atoms with van der Waals surface area (Å²) < 4.78 is 36.7. The van der Waals surface area contributed by atoms with Gasteiger partial charge in [0.25, 0.3) is 6.43 Å². The molecule has 1 spiro atoms. The molecule has 1 fully saturated rings. The highest BCUT2D eigenvalue weighted by Crippen LogP contribution is 2.50. The Labute approximate surface area is 183 Å². The molecule has 3 aromatic rings. The van der Waals surface area contributed by atoms with Crippen LogP contribution < -0.4 is 5.43 Å². The number of pyridine rings is 1. The molecule has 1 aliphatic heterocycles. The molecule has 0 radical (unpaired) electrons. The van der Waals surface area contributed by atoms with Gasteiger partial charge in [-0.1, -0.05) is 0 Å². The molecule has 0 amide bonds. The van der Waals surface area contributed by atoms with E-state index in [4.69, 9.17) is 4.74 Å². The van der Waals surface area contributed by atoms with Gasteiger partial charge in [-0.2, -0.15) is 5.10 Å². The maximum Gasteiger partial charge on any atom is 0.343 e. The van der Waals surface area contributed by atoms with Crippen LogP contribution in [0.15, 0.2) is 41.6 Å². The van der Waals surface area contributed by atoms with Crippen molar-refractivity contribution in [1.82, 2.24) is 14.3 Å². The van der Waals surface area contributed by atoms with Crippen molar-refractivity contribution in [3.8, 4) is 22.4 Å². The van der Waals surface area contributed by atoms with Gasteiger partial charge in [0.05, 0.1) is 18.5 Å². The van der Waals surface area contributed by atoms with E-state index in [9.17, 15) is 18.4 Å². The second kappa shape index (κ2) is 7.39. The third-order valence-electron chi connectivity index (χ3n) is 6.66. The third kappa shape index (κ3) is 3.08. The van der Waals surface area contributed by atoms with Crippen LogP contribution in [-0.4, -0.2) is 26.9 Å². The van der Waals surface area contributed by atoms with Crippen LogP contribution in [-0.2, 0) is 23.7 Å². The molecule has 2 aromatic heterocycles. The zero-order valence-electron chi connectivity index (χ0n) is 17.9. The fourth-order valence-corrected chi connectivity index (χ4v) is 4.97. The molecule has 0 atom stereocenters. The van der Waals surface area contributed by atoms with E-state index >= 15 is 0 Å². The van der Waals surface area contributed by atoms with Gasteiger partial charge in [-0.25, -0.2) is 13.6 Å². The number of hydrogen-bond donors (Lipinski definition) is 0. The Morgan fingerprint density at radius 3 is 2.59 bits per heavy atom. The molecule has 3 heterocycles. The number of benzene rings is 1. The first-order chi connectivity index (χ1) is 15.3. The molecule has 1 saturated carbocycles. The zero-order valence-corrected chi connectivity index (χ0v) is 17.9. The number of aryl methyl sites for hydroxylation is 1. The van der Waals surface area contributed by atoms with Crippen LogP contribution in [0.2, 0.25) is 0 Å². The molecule has 6 nitrogen and oxygen atoms in total. The number of carbonyl (C=O) groups excluding carboxylic acids is 1. The fourth-order valence-electron chi connectivity index (χ4n) is 4.97. The fraction of sp³-hybridized carbons (Fsp3) is 0.375. The Balaban J connectivity index is 1.74. The number of hydrogen-bond acceptors (Lipinski definition) is 4. The first-order valence-electron chi connectivity index (χ1n) is 10.7. The molecule has 0 bridgehead atoms. The number of ether oxygens (including phenoxy) is 1. The quantitative estimate of drug-likeness (QED) is 0.563. The maximum absolute atomic E-state index is 14.1. The molecule has 8 heteroatoms. The summed E-state index contributed by atoms with van der Waals surface area (Å²) in [6.07, 6.45) is 5.65. The highest BCUT2D eigenvalue weighted by Gasteiger charge is 2.44. The predicted molar refractivity (Wildman–Crippen MR) is 115 cm³/mol. The lowest BCUT2D eigenvalue weighted by molar-refractivity contribution is 0.0521. The van der Waals surface area contributed by atoms with Crippen LogP contribution in [0.5, 0.6) is 0 Å². The topological polar surface area (TPSA) is 66.1 Å². The lowest BCUT2D eigenvalue weighted by Gasteiger charge is -2.49. The summed E-state index contributed by atoms with van der Waals surface area (Å²) in [5.41, 5.74) is 2.34. The van der Waals surface area contributed by atoms with Crippen LogP contribution in [0.25, 0.3) is 22.4 Å². The Kier molecular flexibility index (Phi) is 4.76. The van der Waals surface area contributed by atoms with Crippen molar-refractivity contribution in [2.24, 2.45) is 7.05 Å². The van der Waals surface area contributed by atoms with Crippen LogP contribution in [0.3, 0.4) is 0 Å². The summed E-state index contributed by atoms with van der Waals surface area (Å²) >= 11 is 0. The minimum absolute atomic E-state index is 0.0219. The molecule has 166 valence electrons. The van der Waals surface area contributed by atoms with Gasteiger partial charge >= 0.3 is 5.97 Å². The minimum atomic E-state index is -2.69. The molecular weight excluding hydrogens is 416 g/mol. The number of nitrogens with zero attached hydrogens (tertiary/aromatic N) is 3. The Hall–Kier alpha value is -3.29. The van der Waals surface area contributed by atoms with E-state index in [2.05, 4.69) is 5.10 Å². The summed E-state index contributed by atoms with van der Waals surface area (Å²) in [6.45, 7) is 1.85. The molecular formula is C24H23F2N3O3. The normalized spacial score (nSPS) is 15.9. The first-order valence-corrected chi connectivity index (χ1v) is 10.7. The van der Waals surface area contributed by atoms with Crippen molar-refractivity contribution in [2.75, 3.05) is 6.61 Å². The van der Waals surface area contributed by atoms with Crippen molar-refractivity contribution in [1.29, 1.82) is 0 Å². The van der Waals surface area contributed by atoms with E-state index in [0.717, 1.165) is 24.8 Å². The first kappa shape index (κ1) is 20.6. The number of aromatic nitrogens is 3. The molecule has 0 saturated heterocycles. The maximum atomic E-state index is 14.1. The van der Waals surface area contributed by atoms with Crippen LogP contribution in [0.4, 0.5) is 8.78 Å². The van der Waals surface area contributed by atoms with Gasteiger partial charge in [0.1, 0.15) is 5.56 Å². The van der Waals surface area contributed by atoms with E-state index in [1.807, 2.05) is 10.6 Å². The molecule has 5 rings (SSSR count). The number of carbonyl (C=O) groups is 1. The summed E-state index contributed by atoms with van der Waals surface area (Å²) in [4.78, 5) is 25.1. The lowest BCUT2D eigenvalue weighted by Crippen LogP contribution is -2.46. The molecule has 32 heavy (non-hydrogen) atoms. The number of esters is 1. The Bertz CT molecular complexity index is 1290. The highest BCUT2D eigenvalue weighted by molar-refractivity contribution is 5.89. The molecule has 0 N–H and O–H groups in total. The van der Waals surface area contributed by atoms with Gasteiger partial charge in [0, 0.05) is 47.7 Å². The summed E-state index contributed by atoms with van der Waals surface area (Å²) in [5, 5.41) is 4.13. The summed E-state index contributed by atoms with van der Waals surface area (Å²) in [7, 11) is 1.75. The molecule has 2 aliphatic rings. The smallest absolute Gasteiger partial charge is 0.343 e. The van der Waals surface area contributed by atoms with Gasteiger partial charge in [-0.15, -0.1) is 0 Å². The van der Waals surface area contributed by atoms with Crippen LogP contribution >= 0.6 is 0 Å². The number of fused-ring (bicyclic) bond motifs is 4. The van der Waals surface area contributed by atoms with Crippen molar-refractivity contribution < 1.29 is 18.3 Å². The Morgan fingerprint density at radius 2 is 2.00 bits per heavy atom. The molecule has 0 unspecified atom stereocenters. The van der Waals surface area contributed by atoms with Gasteiger partial charge in [0.15, 0.2) is 5.43 Å². The molecule has 1 aliphatic carbocycles. The Morgan fingerprint density at radius 1 is 1.22 bits per heavy atom. The minimum Gasteiger partial charge on any atom is -0.462 e. The number of alkyl halides is 2. The predicted octanol–water partition coefficient (Wildman–Crippen LogP) is 4.47. The summed E-state index contributed by atoms with van der Waals surface area (Å²) in [6, 6.07) is 4.70. The molecule has 1 aromatic carbocycles. The average molecular weight is 439 g/mol. The van der Waals surface area contributed by atoms with Gasteiger partial charge in [0.2, 0.25) is 0 Å². The monoisotopic (exact) mass is 439 g/mol. The zero-order chi connectivity index (χ0) is 22.6. The average Bonchev–Trinajstić information content (AvgIpc) is 3.16. The number of rotatable bonds is 4. The van der Waals surface area contributed by atoms with E-state index in [0.29, 0.717) is 28.8 Å².